The van der Waals surface area contributed by atoms with Crippen LogP contribution in [0.4, 0.5) is 9.59 Å². The van der Waals surface area contributed by atoms with Crippen LogP contribution in [-0.4, -0.2) is 24.5 Å². The molecule has 0 aromatic carbocycles. The van der Waals surface area contributed by atoms with Gasteiger partial charge in [0, 0.05) is 12.3 Å². The Bertz CT molecular complexity index is 296. The minimum absolute atomic E-state index is 0.0344. The summed E-state index contributed by atoms with van der Waals surface area (Å²) in [5.74, 6) is 0.0344. The second-order valence-corrected chi connectivity index (χ2v) is 3.36. The van der Waals surface area contributed by atoms with Gasteiger partial charge in [-0.05, 0) is 0 Å². The highest BCUT2D eigenvalue weighted by molar-refractivity contribution is 5.78. The van der Waals surface area contributed by atoms with Crippen molar-refractivity contribution in [3.05, 3.63) is 12.2 Å². The van der Waals surface area contributed by atoms with Crippen LogP contribution in [0.2, 0.25) is 0 Å². The summed E-state index contributed by atoms with van der Waals surface area (Å²) < 4.78 is 14.0. The molecule has 1 saturated heterocycles. The van der Waals surface area contributed by atoms with Crippen LogP contribution in [0.15, 0.2) is 12.2 Å². The largest absolute Gasteiger partial charge is 0.519 e. The molecule has 1 fully saturated rings. The molecule has 3 unspecified atom stereocenters. The lowest BCUT2D eigenvalue weighted by molar-refractivity contribution is -0.00741. The van der Waals surface area contributed by atoms with Gasteiger partial charge in [-0.15, -0.1) is 0 Å². The molecule has 2 aliphatic rings. The maximum absolute atomic E-state index is 10.9. The molecule has 5 nitrogen and oxygen atoms in total. The summed E-state index contributed by atoms with van der Waals surface area (Å²) in [5, 5.41) is 0. The van der Waals surface area contributed by atoms with Crippen LogP contribution in [-0.2, 0) is 14.2 Å². The zero-order valence-corrected chi connectivity index (χ0v) is 7.64. The molecule has 1 aliphatic heterocycles. The SMILES string of the molecule is CC1C=CCC2OC(=O)OC(=O)OC12. The third-order valence-corrected chi connectivity index (χ3v) is 2.34. The molecule has 1 aliphatic carbocycles. The van der Waals surface area contributed by atoms with Gasteiger partial charge in [0.2, 0.25) is 0 Å². The van der Waals surface area contributed by atoms with E-state index in [-0.39, 0.29) is 5.92 Å². The van der Waals surface area contributed by atoms with Gasteiger partial charge in [-0.1, -0.05) is 19.1 Å². The predicted molar refractivity (Wildman–Crippen MR) is 44.5 cm³/mol. The molecule has 14 heavy (non-hydrogen) atoms. The van der Waals surface area contributed by atoms with Gasteiger partial charge in [0.1, 0.15) is 12.2 Å². The van der Waals surface area contributed by atoms with Gasteiger partial charge in [0.05, 0.1) is 0 Å². The van der Waals surface area contributed by atoms with Crippen molar-refractivity contribution in [1.82, 2.24) is 0 Å². The van der Waals surface area contributed by atoms with Gasteiger partial charge >= 0.3 is 12.3 Å². The third-order valence-electron chi connectivity index (χ3n) is 2.34. The van der Waals surface area contributed by atoms with E-state index in [0.717, 1.165) is 0 Å². The van der Waals surface area contributed by atoms with Crippen molar-refractivity contribution in [2.45, 2.75) is 25.6 Å². The van der Waals surface area contributed by atoms with Gasteiger partial charge in [-0.2, -0.15) is 0 Å². The van der Waals surface area contributed by atoms with E-state index in [1.165, 1.54) is 0 Å². The Balaban J connectivity index is 2.20. The van der Waals surface area contributed by atoms with E-state index in [2.05, 4.69) is 4.74 Å². The van der Waals surface area contributed by atoms with Crippen LogP contribution in [0.3, 0.4) is 0 Å². The molecule has 76 valence electrons. The Labute approximate surface area is 80.6 Å². The van der Waals surface area contributed by atoms with Crippen molar-refractivity contribution < 1.29 is 23.8 Å². The first kappa shape index (κ1) is 9.05. The zero-order valence-electron chi connectivity index (χ0n) is 7.64. The van der Waals surface area contributed by atoms with Crippen molar-refractivity contribution in [1.29, 1.82) is 0 Å². The van der Waals surface area contributed by atoms with Crippen molar-refractivity contribution in [2.75, 3.05) is 0 Å². The maximum atomic E-state index is 10.9. The fourth-order valence-corrected chi connectivity index (χ4v) is 1.66. The molecule has 0 saturated carbocycles. The Morgan fingerprint density at radius 2 is 2.00 bits per heavy atom. The Kier molecular flexibility index (Phi) is 2.15. The highest BCUT2D eigenvalue weighted by Gasteiger charge is 2.38. The number of hydrogen-bond acceptors (Lipinski definition) is 5. The average molecular weight is 198 g/mol. The van der Waals surface area contributed by atoms with E-state index >= 15 is 0 Å². The van der Waals surface area contributed by atoms with Crippen LogP contribution in [0.25, 0.3) is 0 Å². The lowest BCUT2D eigenvalue weighted by Crippen LogP contribution is -2.37. The van der Waals surface area contributed by atoms with Crippen LogP contribution in [0, 0.1) is 5.92 Å². The highest BCUT2D eigenvalue weighted by Crippen LogP contribution is 2.26. The van der Waals surface area contributed by atoms with E-state index in [9.17, 15) is 9.59 Å². The second kappa shape index (κ2) is 3.32. The molecule has 0 aromatic heterocycles. The Morgan fingerprint density at radius 1 is 1.29 bits per heavy atom. The quantitative estimate of drug-likeness (QED) is 0.336. The van der Waals surface area contributed by atoms with E-state index in [1.807, 2.05) is 19.1 Å². The minimum Gasteiger partial charge on any atom is -0.426 e. The lowest BCUT2D eigenvalue weighted by atomic mass is 9.92. The molecule has 3 atom stereocenters. The first-order valence-corrected chi connectivity index (χ1v) is 4.42. The van der Waals surface area contributed by atoms with Crippen molar-refractivity contribution >= 4 is 12.3 Å². The summed E-state index contributed by atoms with van der Waals surface area (Å²) in [7, 11) is 0. The monoisotopic (exact) mass is 198 g/mol. The number of carbonyl (C=O) groups is 2. The van der Waals surface area contributed by atoms with E-state index in [0.29, 0.717) is 6.42 Å². The summed E-state index contributed by atoms with van der Waals surface area (Å²) in [6.45, 7) is 1.89. The number of cyclic esters (lactones) is 2. The molecule has 0 bridgehead atoms. The standard InChI is InChI=1S/C9H10O5/c1-5-3-2-4-6-7(5)13-9(11)14-8(10)12-6/h2-3,5-7H,4H2,1H3. The average Bonchev–Trinajstić information content (AvgIpc) is 2.23. The number of fused-ring (bicyclic) bond motifs is 1. The first-order valence-electron chi connectivity index (χ1n) is 4.42. The molecule has 5 heteroatoms. The second-order valence-electron chi connectivity index (χ2n) is 3.36. The predicted octanol–water partition coefficient (Wildman–Crippen LogP) is 1.62. The molecular formula is C9H10O5. The zero-order chi connectivity index (χ0) is 10.1. The number of rotatable bonds is 0. The molecule has 0 amide bonds. The molecule has 1 heterocycles. The Hall–Kier alpha value is -1.52. The molecule has 2 rings (SSSR count). The van der Waals surface area contributed by atoms with Gasteiger partial charge in [0.25, 0.3) is 0 Å². The minimum atomic E-state index is -0.982. The summed E-state index contributed by atoms with van der Waals surface area (Å²) in [5.41, 5.74) is 0. The van der Waals surface area contributed by atoms with Crippen molar-refractivity contribution in [2.24, 2.45) is 5.92 Å². The normalized spacial score (nSPS) is 36.2. The van der Waals surface area contributed by atoms with Crippen molar-refractivity contribution in [3.63, 3.8) is 0 Å². The summed E-state index contributed by atoms with van der Waals surface area (Å²) >= 11 is 0. The van der Waals surface area contributed by atoms with Gasteiger partial charge < -0.3 is 14.2 Å². The van der Waals surface area contributed by atoms with Crippen molar-refractivity contribution in [3.8, 4) is 0 Å². The number of ether oxygens (including phenoxy) is 3. The lowest BCUT2D eigenvalue weighted by Gasteiger charge is -2.28. The number of hydrogen-bond donors (Lipinski definition) is 0. The van der Waals surface area contributed by atoms with Gasteiger partial charge in [-0.3, -0.25) is 0 Å². The molecular weight excluding hydrogens is 188 g/mol. The summed E-state index contributed by atoms with van der Waals surface area (Å²) in [6.07, 6.45) is 1.56. The topological polar surface area (TPSA) is 61.8 Å². The van der Waals surface area contributed by atoms with Crippen LogP contribution in [0.5, 0.6) is 0 Å². The first-order chi connectivity index (χ1) is 6.66. The molecule has 0 aromatic rings. The Morgan fingerprint density at radius 3 is 2.79 bits per heavy atom. The summed E-state index contributed by atoms with van der Waals surface area (Å²) in [4.78, 5) is 21.8. The summed E-state index contributed by atoms with van der Waals surface area (Å²) in [6, 6.07) is 0. The molecule has 0 N–H and O–H groups in total. The molecule has 0 radical (unpaired) electrons. The maximum Gasteiger partial charge on any atom is 0.519 e. The van der Waals surface area contributed by atoms with E-state index in [4.69, 9.17) is 9.47 Å². The fraction of sp³-hybridized carbons (Fsp3) is 0.556. The van der Waals surface area contributed by atoms with Gasteiger partial charge in [-0.25, -0.2) is 9.59 Å². The van der Waals surface area contributed by atoms with Crippen LogP contribution in [0.1, 0.15) is 13.3 Å². The van der Waals surface area contributed by atoms with E-state index < -0.39 is 24.5 Å². The third kappa shape index (κ3) is 1.57. The fourth-order valence-electron chi connectivity index (χ4n) is 1.66. The smallest absolute Gasteiger partial charge is 0.426 e. The van der Waals surface area contributed by atoms with Crippen LogP contribution >= 0.6 is 0 Å². The van der Waals surface area contributed by atoms with Crippen LogP contribution < -0.4 is 0 Å². The molecule has 0 spiro atoms. The van der Waals surface area contributed by atoms with E-state index in [1.54, 1.807) is 0 Å². The highest BCUT2D eigenvalue weighted by atomic mass is 16.8. The number of carbonyl (C=O) groups excluding carboxylic acids is 2. The van der Waals surface area contributed by atoms with Gasteiger partial charge in [0.15, 0.2) is 0 Å².